The van der Waals surface area contributed by atoms with Gasteiger partial charge in [0.15, 0.2) is 17.5 Å². The Kier molecular flexibility index (Phi) is 5.37. The molecule has 1 amide bonds. The number of carbonyl (C=O) groups is 1. The molecule has 0 saturated carbocycles. The number of nitrogens with one attached hydrogen (secondary N) is 2. The molecule has 25 heavy (non-hydrogen) atoms. The highest BCUT2D eigenvalue weighted by Gasteiger charge is 2.13. The summed E-state index contributed by atoms with van der Waals surface area (Å²) in [5, 5.41) is 13.7. The van der Waals surface area contributed by atoms with Crippen LogP contribution in [-0.4, -0.2) is 42.3 Å². The first-order valence-corrected chi connectivity index (χ1v) is 8.18. The van der Waals surface area contributed by atoms with Gasteiger partial charge in [0.25, 0.3) is 5.91 Å². The standard InChI is InChI=1S/C17H19F2N5O/c18-14-4-3-12(9-15(14)19)17(25)21-6-5-20-16-10-13(11-22-23-16)24-7-1-2-8-24/h3-4,9-11H,1-2,5-8H2,(H,20,23)(H,21,25). The molecule has 0 unspecified atom stereocenters. The zero-order chi connectivity index (χ0) is 17.6. The summed E-state index contributed by atoms with van der Waals surface area (Å²) in [6.45, 7) is 2.80. The van der Waals surface area contributed by atoms with Crippen LogP contribution in [0.1, 0.15) is 23.2 Å². The Morgan fingerprint density at radius 1 is 1.12 bits per heavy atom. The lowest BCUT2D eigenvalue weighted by molar-refractivity contribution is 0.0954. The molecule has 0 atom stereocenters. The predicted molar refractivity (Wildman–Crippen MR) is 90.7 cm³/mol. The lowest BCUT2D eigenvalue weighted by atomic mass is 10.2. The van der Waals surface area contributed by atoms with Gasteiger partial charge in [0.1, 0.15) is 0 Å². The average Bonchev–Trinajstić information content (AvgIpc) is 3.16. The number of hydrogen-bond donors (Lipinski definition) is 2. The number of carbonyl (C=O) groups excluding carboxylic acids is 1. The lowest BCUT2D eigenvalue weighted by Gasteiger charge is -2.17. The number of amides is 1. The Labute approximate surface area is 144 Å². The number of nitrogens with zero attached hydrogens (tertiary/aromatic N) is 3. The number of benzene rings is 1. The second kappa shape index (κ2) is 7.87. The van der Waals surface area contributed by atoms with Crippen LogP contribution in [-0.2, 0) is 0 Å². The van der Waals surface area contributed by atoms with Crippen molar-refractivity contribution in [3.8, 4) is 0 Å². The summed E-state index contributed by atoms with van der Waals surface area (Å²) in [5.74, 6) is -1.85. The molecule has 1 fully saturated rings. The highest BCUT2D eigenvalue weighted by atomic mass is 19.2. The molecular formula is C17H19F2N5O. The Balaban J connectivity index is 1.47. The third-order valence-corrected chi connectivity index (χ3v) is 4.01. The molecular weight excluding hydrogens is 328 g/mol. The molecule has 3 rings (SSSR count). The number of anilines is 2. The van der Waals surface area contributed by atoms with Crippen LogP contribution in [0.2, 0.25) is 0 Å². The van der Waals surface area contributed by atoms with E-state index in [1.807, 2.05) is 6.07 Å². The Morgan fingerprint density at radius 2 is 1.92 bits per heavy atom. The number of rotatable bonds is 6. The number of aromatic nitrogens is 2. The van der Waals surface area contributed by atoms with Crippen molar-refractivity contribution in [1.82, 2.24) is 15.5 Å². The fourth-order valence-electron chi connectivity index (χ4n) is 2.70. The minimum atomic E-state index is -1.04. The summed E-state index contributed by atoms with van der Waals surface area (Å²) in [5.41, 5.74) is 1.11. The maximum atomic E-state index is 13.1. The van der Waals surface area contributed by atoms with Gasteiger partial charge < -0.3 is 15.5 Å². The molecule has 1 aliphatic rings. The van der Waals surface area contributed by atoms with E-state index in [1.165, 1.54) is 18.9 Å². The molecule has 2 aromatic rings. The van der Waals surface area contributed by atoms with Crippen LogP contribution >= 0.6 is 0 Å². The van der Waals surface area contributed by atoms with Gasteiger partial charge in [0.05, 0.1) is 11.9 Å². The van der Waals surface area contributed by atoms with Crippen molar-refractivity contribution in [2.45, 2.75) is 12.8 Å². The Morgan fingerprint density at radius 3 is 2.68 bits per heavy atom. The van der Waals surface area contributed by atoms with E-state index in [4.69, 9.17) is 0 Å². The normalized spacial score (nSPS) is 13.8. The highest BCUT2D eigenvalue weighted by molar-refractivity contribution is 5.94. The molecule has 1 aromatic heterocycles. The van der Waals surface area contributed by atoms with E-state index in [1.54, 1.807) is 6.20 Å². The van der Waals surface area contributed by atoms with E-state index in [-0.39, 0.29) is 5.56 Å². The first-order valence-electron chi connectivity index (χ1n) is 8.18. The molecule has 0 radical (unpaired) electrons. The smallest absolute Gasteiger partial charge is 0.251 e. The minimum absolute atomic E-state index is 0.0784. The zero-order valence-corrected chi connectivity index (χ0v) is 13.6. The van der Waals surface area contributed by atoms with E-state index in [0.29, 0.717) is 18.9 Å². The van der Waals surface area contributed by atoms with Gasteiger partial charge in [-0.2, -0.15) is 5.10 Å². The van der Waals surface area contributed by atoms with Crippen LogP contribution in [0.3, 0.4) is 0 Å². The molecule has 0 spiro atoms. The third-order valence-electron chi connectivity index (χ3n) is 4.01. The van der Waals surface area contributed by atoms with Gasteiger partial charge in [-0.05, 0) is 31.0 Å². The molecule has 1 aromatic carbocycles. The van der Waals surface area contributed by atoms with Gasteiger partial charge in [0.2, 0.25) is 0 Å². The van der Waals surface area contributed by atoms with Crippen LogP contribution in [0.4, 0.5) is 20.3 Å². The molecule has 8 heteroatoms. The number of hydrogen-bond acceptors (Lipinski definition) is 5. The van der Waals surface area contributed by atoms with Crippen LogP contribution in [0.25, 0.3) is 0 Å². The van der Waals surface area contributed by atoms with Crippen LogP contribution in [0.5, 0.6) is 0 Å². The topological polar surface area (TPSA) is 70.2 Å². The van der Waals surface area contributed by atoms with Crippen LogP contribution in [0.15, 0.2) is 30.5 Å². The zero-order valence-electron chi connectivity index (χ0n) is 13.6. The molecule has 6 nitrogen and oxygen atoms in total. The summed E-state index contributed by atoms with van der Waals surface area (Å²) in [7, 11) is 0. The fraction of sp³-hybridized carbons (Fsp3) is 0.353. The van der Waals surface area contributed by atoms with Crippen molar-refractivity contribution >= 4 is 17.4 Å². The highest BCUT2D eigenvalue weighted by Crippen LogP contribution is 2.20. The molecule has 0 bridgehead atoms. The van der Waals surface area contributed by atoms with Crippen molar-refractivity contribution in [3.63, 3.8) is 0 Å². The molecule has 1 saturated heterocycles. The van der Waals surface area contributed by atoms with Gasteiger partial charge in [-0.25, -0.2) is 8.78 Å². The van der Waals surface area contributed by atoms with Gasteiger partial charge in [-0.3, -0.25) is 4.79 Å². The predicted octanol–water partition coefficient (Wildman–Crippen LogP) is 2.20. The lowest BCUT2D eigenvalue weighted by Crippen LogP contribution is -2.29. The third kappa shape index (κ3) is 4.40. The van der Waals surface area contributed by atoms with Gasteiger partial charge in [0, 0.05) is 37.8 Å². The fourth-order valence-corrected chi connectivity index (χ4v) is 2.70. The van der Waals surface area contributed by atoms with Gasteiger partial charge in [-0.1, -0.05) is 0 Å². The summed E-state index contributed by atoms with van der Waals surface area (Å²) >= 11 is 0. The first kappa shape index (κ1) is 17.1. The Bertz CT molecular complexity index is 750. The van der Waals surface area contributed by atoms with Crippen LogP contribution < -0.4 is 15.5 Å². The summed E-state index contributed by atoms with van der Waals surface area (Å²) < 4.78 is 26.0. The maximum absolute atomic E-state index is 13.1. The molecule has 0 aliphatic carbocycles. The van der Waals surface area contributed by atoms with E-state index in [2.05, 4.69) is 25.7 Å². The molecule has 2 heterocycles. The van der Waals surface area contributed by atoms with Crippen molar-refractivity contribution in [3.05, 3.63) is 47.7 Å². The van der Waals surface area contributed by atoms with Crippen molar-refractivity contribution < 1.29 is 13.6 Å². The van der Waals surface area contributed by atoms with Gasteiger partial charge >= 0.3 is 0 Å². The van der Waals surface area contributed by atoms with Crippen molar-refractivity contribution in [2.75, 3.05) is 36.4 Å². The summed E-state index contributed by atoms with van der Waals surface area (Å²) in [6, 6.07) is 4.98. The molecule has 1 aliphatic heterocycles. The van der Waals surface area contributed by atoms with E-state index >= 15 is 0 Å². The number of halogens is 2. The monoisotopic (exact) mass is 347 g/mol. The minimum Gasteiger partial charge on any atom is -0.370 e. The second-order valence-corrected chi connectivity index (χ2v) is 5.80. The second-order valence-electron chi connectivity index (χ2n) is 5.80. The average molecular weight is 347 g/mol. The van der Waals surface area contributed by atoms with Crippen molar-refractivity contribution in [1.29, 1.82) is 0 Å². The molecule has 2 N–H and O–H groups in total. The largest absolute Gasteiger partial charge is 0.370 e. The molecule has 132 valence electrons. The maximum Gasteiger partial charge on any atom is 0.251 e. The SMILES string of the molecule is O=C(NCCNc1cc(N2CCCC2)cnn1)c1ccc(F)c(F)c1. The first-order chi connectivity index (χ1) is 12.1. The van der Waals surface area contributed by atoms with E-state index in [0.717, 1.165) is 30.9 Å². The van der Waals surface area contributed by atoms with Crippen molar-refractivity contribution in [2.24, 2.45) is 0 Å². The Hall–Kier alpha value is -2.77. The van der Waals surface area contributed by atoms with E-state index < -0.39 is 17.5 Å². The summed E-state index contributed by atoms with van der Waals surface area (Å²) in [6.07, 6.45) is 4.10. The van der Waals surface area contributed by atoms with E-state index in [9.17, 15) is 13.6 Å². The van der Waals surface area contributed by atoms with Crippen LogP contribution in [0, 0.1) is 11.6 Å². The quantitative estimate of drug-likeness (QED) is 0.784. The summed E-state index contributed by atoms with van der Waals surface area (Å²) in [4.78, 5) is 14.1. The van der Waals surface area contributed by atoms with Gasteiger partial charge in [-0.15, -0.1) is 5.10 Å².